The maximum absolute atomic E-state index is 5.53. The van der Waals surface area contributed by atoms with E-state index >= 15 is 0 Å². The normalized spacial score (nSPS) is 27.3. The molecule has 21 heavy (non-hydrogen) atoms. The van der Waals surface area contributed by atoms with Crippen molar-refractivity contribution in [3.8, 4) is 5.75 Å². The Morgan fingerprint density at radius 2 is 2.24 bits per heavy atom. The van der Waals surface area contributed by atoms with Gasteiger partial charge < -0.3 is 10.1 Å². The zero-order chi connectivity index (χ0) is 15.2. The molecule has 1 N–H and O–H groups in total. The number of hydrogen-bond donors (Lipinski definition) is 1. The highest BCUT2D eigenvalue weighted by molar-refractivity contribution is 8.07. The molecule has 1 aromatic rings. The van der Waals surface area contributed by atoms with Gasteiger partial charge in [-0.15, -0.1) is 0 Å². The first-order valence-electron chi connectivity index (χ1n) is 7.66. The largest absolute Gasteiger partial charge is 0.495 e. The fourth-order valence-corrected chi connectivity index (χ4v) is 5.59. The van der Waals surface area contributed by atoms with Crippen LogP contribution in [0.5, 0.6) is 5.75 Å². The second kappa shape index (κ2) is 8.30. The minimum Gasteiger partial charge on any atom is -0.495 e. The van der Waals surface area contributed by atoms with Crippen molar-refractivity contribution in [2.24, 2.45) is 0 Å². The second-order valence-electron chi connectivity index (χ2n) is 5.44. The molecule has 1 fully saturated rings. The van der Waals surface area contributed by atoms with Gasteiger partial charge in [0.1, 0.15) is 11.4 Å². The molecule has 1 saturated heterocycles. The van der Waals surface area contributed by atoms with Crippen molar-refractivity contribution in [1.29, 1.82) is 0 Å². The molecule has 0 radical (unpaired) electrons. The Kier molecular flexibility index (Phi) is 6.71. The van der Waals surface area contributed by atoms with Crippen LogP contribution >= 0.6 is 23.5 Å². The lowest BCUT2D eigenvalue weighted by Crippen LogP contribution is -2.38. The predicted octanol–water partition coefficient (Wildman–Crippen LogP) is 3.76. The summed E-state index contributed by atoms with van der Waals surface area (Å²) in [5.41, 5.74) is 1.05. The maximum Gasteiger partial charge on any atom is 0.142 e. The number of thioether (sulfide) groups is 2. The standard InChI is InChI=1S/C16H26N2OS2/c1-5-8-17-16(14-10-20-11(2)12(3)21-14)15-13(19-4)7-6-9-18-15/h6-7,9,11-12,14,16-17H,5,8,10H2,1-4H3. The third kappa shape index (κ3) is 4.30. The quantitative estimate of drug-likeness (QED) is 0.861. The molecule has 0 aromatic carbocycles. The molecule has 4 atom stereocenters. The molecule has 2 heterocycles. The summed E-state index contributed by atoms with van der Waals surface area (Å²) in [6.45, 7) is 7.87. The molecule has 0 amide bonds. The Balaban J connectivity index is 2.21. The van der Waals surface area contributed by atoms with E-state index in [1.165, 1.54) is 0 Å². The highest BCUT2D eigenvalue weighted by Gasteiger charge is 2.33. The van der Waals surface area contributed by atoms with Crippen LogP contribution in [-0.2, 0) is 0 Å². The number of ether oxygens (including phenoxy) is 1. The first-order valence-corrected chi connectivity index (χ1v) is 9.65. The topological polar surface area (TPSA) is 34.2 Å². The van der Waals surface area contributed by atoms with Gasteiger partial charge in [0.25, 0.3) is 0 Å². The van der Waals surface area contributed by atoms with Crippen molar-refractivity contribution in [2.75, 3.05) is 19.4 Å². The average Bonchev–Trinajstić information content (AvgIpc) is 2.51. The zero-order valence-corrected chi connectivity index (χ0v) is 15.0. The first-order chi connectivity index (χ1) is 10.2. The molecule has 0 bridgehead atoms. The zero-order valence-electron chi connectivity index (χ0n) is 13.3. The Hall–Kier alpha value is -0.390. The fourth-order valence-electron chi connectivity index (χ4n) is 2.50. The SMILES string of the molecule is CCCNC(c1ncccc1OC)C1CSC(C)C(C)S1. The minimum atomic E-state index is 0.258. The third-order valence-corrected chi connectivity index (χ3v) is 7.37. The molecule has 118 valence electrons. The Morgan fingerprint density at radius 3 is 2.90 bits per heavy atom. The van der Waals surface area contributed by atoms with Gasteiger partial charge >= 0.3 is 0 Å². The molecule has 0 spiro atoms. The van der Waals surface area contributed by atoms with E-state index in [0.717, 1.165) is 35.4 Å². The van der Waals surface area contributed by atoms with Crippen molar-refractivity contribution in [1.82, 2.24) is 10.3 Å². The number of methoxy groups -OCH3 is 1. The van der Waals surface area contributed by atoms with Gasteiger partial charge in [-0.2, -0.15) is 23.5 Å². The lowest BCUT2D eigenvalue weighted by Gasteiger charge is -2.36. The van der Waals surface area contributed by atoms with E-state index in [1.807, 2.05) is 18.3 Å². The van der Waals surface area contributed by atoms with E-state index in [9.17, 15) is 0 Å². The number of hydrogen-bond acceptors (Lipinski definition) is 5. The van der Waals surface area contributed by atoms with Gasteiger partial charge in [-0.05, 0) is 25.1 Å². The van der Waals surface area contributed by atoms with Crippen molar-refractivity contribution < 1.29 is 4.74 Å². The van der Waals surface area contributed by atoms with Gasteiger partial charge in [-0.3, -0.25) is 4.98 Å². The molecule has 4 unspecified atom stereocenters. The van der Waals surface area contributed by atoms with E-state index in [2.05, 4.69) is 54.6 Å². The average molecular weight is 327 g/mol. The van der Waals surface area contributed by atoms with Gasteiger partial charge in [0.2, 0.25) is 0 Å². The van der Waals surface area contributed by atoms with Crippen molar-refractivity contribution >= 4 is 23.5 Å². The summed E-state index contributed by atoms with van der Waals surface area (Å²) in [4.78, 5) is 4.61. The van der Waals surface area contributed by atoms with Gasteiger partial charge in [0, 0.05) is 27.7 Å². The number of nitrogens with one attached hydrogen (secondary N) is 1. The van der Waals surface area contributed by atoms with E-state index in [0.29, 0.717) is 10.5 Å². The van der Waals surface area contributed by atoms with Crippen LogP contribution < -0.4 is 10.1 Å². The van der Waals surface area contributed by atoms with Gasteiger partial charge in [0.05, 0.1) is 13.2 Å². The third-order valence-electron chi connectivity index (χ3n) is 3.87. The summed E-state index contributed by atoms with van der Waals surface area (Å²) in [7, 11) is 1.73. The minimum absolute atomic E-state index is 0.258. The summed E-state index contributed by atoms with van der Waals surface area (Å²) in [5, 5.41) is 5.63. The van der Waals surface area contributed by atoms with Crippen LogP contribution in [0.4, 0.5) is 0 Å². The number of pyridine rings is 1. The van der Waals surface area contributed by atoms with Crippen LogP contribution in [0.25, 0.3) is 0 Å². The molecule has 0 aliphatic carbocycles. The Labute approximate surface area is 137 Å². The second-order valence-corrected chi connectivity index (χ2v) is 8.47. The number of nitrogens with zero attached hydrogens (tertiary/aromatic N) is 1. The molecule has 5 heteroatoms. The summed E-state index contributed by atoms with van der Waals surface area (Å²) in [6.07, 6.45) is 2.99. The monoisotopic (exact) mass is 326 g/mol. The highest BCUT2D eigenvalue weighted by atomic mass is 32.2. The van der Waals surface area contributed by atoms with Crippen LogP contribution in [0.2, 0.25) is 0 Å². The van der Waals surface area contributed by atoms with Crippen LogP contribution in [-0.4, -0.2) is 40.1 Å². The van der Waals surface area contributed by atoms with Crippen LogP contribution in [0.1, 0.15) is 38.9 Å². The van der Waals surface area contributed by atoms with E-state index < -0.39 is 0 Å². The predicted molar refractivity (Wildman–Crippen MR) is 94.6 cm³/mol. The molecular weight excluding hydrogens is 300 g/mol. The first kappa shape index (κ1) is 17.0. The van der Waals surface area contributed by atoms with Crippen molar-refractivity contribution in [3.63, 3.8) is 0 Å². The summed E-state index contributed by atoms with van der Waals surface area (Å²) in [5.74, 6) is 2.06. The van der Waals surface area contributed by atoms with E-state index in [-0.39, 0.29) is 6.04 Å². The van der Waals surface area contributed by atoms with E-state index in [1.54, 1.807) is 7.11 Å². The van der Waals surface area contributed by atoms with E-state index in [4.69, 9.17) is 4.74 Å². The van der Waals surface area contributed by atoms with Crippen LogP contribution in [0.3, 0.4) is 0 Å². The molecular formula is C16H26N2OS2. The molecule has 2 rings (SSSR count). The molecule has 3 nitrogen and oxygen atoms in total. The Bertz CT molecular complexity index is 444. The highest BCUT2D eigenvalue weighted by Crippen LogP contribution is 2.42. The summed E-state index contributed by atoms with van der Waals surface area (Å²) >= 11 is 4.16. The summed E-state index contributed by atoms with van der Waals surface area (Å²) in [6, 6.07) is 4.20. The number of aromatic nitrogens is 1. The maximum atomic E-state index is 5.53. The smallest absolute Gasteiger partial charge is 0.142 e. The fraction of sp³-hybridized carbons (Fsp3) is 0.688. The number of rotatable bonds is 6. The molecule has 0 saturated carbocycles. The molecule has 1 aliphatic heterocycles. The van der Waals surface area contributed by atoms with Crippen molar-refractivity contribution in [2.45, 2.75) is 49.0 Å². The summed E-state index contributed by atoms with van der Waals surface area (Å²) < 4.78 is 5.53. The molecule has 1 aliphatic rings. The lowest BCUT2D eigenvalue weighted by atomic mass is 10.1. The Morgan fingerprint density at radius 1 is 1.43 bits per heavy atom. The lowest BCUT2D eigenvalue weighted by molar-refractivity contribution is 0.393. The van der Waals surface area contributed by atoms with Gasteiger partial charge in [-0.25, -0.2) is 0 Å². The van der Waals surface area contributed by atoms with Crippen molar-refractivity contribution in [3.05, 3.63) is 24.0 Å². The molecule has 1 aromatic heterocycles. The van der Waals surface area contributed by atoms with Gasteiger partial charge in [-0.1, -0.05) is 20.8 Å². The van der Waals surface area contributed by atoms with Gasteiger partial charge in [0.15, 0.2) is 0 Å². The van der Waals surface area contributed by atoms with Crippen LogP contribution in [0, 0.1) is 0 Å². The van der Waals surface area contributed by atoms with Crippen LogP contribution in [0.15, 0.2) is 18.3 Å².